The lowest BCUT2D eigenvalue weighted by Gasteiger charge is -2.64. The third-order valence-electron chi connectivity index (χ3n) is 22.3. The molecule has 3 aliphatic heterocycles. The molecule has 4 bridgehead atoms. The summed E-state index contributed by atoms with van der Waals surface area (Å²) in [6.45, 7) is 45.0. The minimum atomic E-state index is -1.65. The molecular formula is C81H133B3Cl3N3O18Si2. The van der Waals surface area contributed by atoms with Gasteiger partial charge in [-0.25, -0.2) is 14.4 Å². The summed E-state index contributed by atoms with van der Waals surface area (Å²) in [6, 6.07) is 28.2. The molecule has 4 N–H and O–H groups in total. The molecular weight excluding hydrogens is 1500 g/mol. The van der Waals surface area contributed by atoms with Crippen molar-refractivity contribution in [2.75, 3.05) is 5.34 Å². The first kappa shape index (κ1) is 97.7. The van der Waals surface area contributed by atoms with E-state index in [0.717, 1.165) is 48.3 Å². The van der Waals surface area contributed by atoms with Gasteiger partial charge in [0.1, 0.15) is 47.5 Å². The predicted molar refractivity (Wildman–Crippen MR) is 444 cm³/mol. The van der Waals surface area contributed by atoms with Gasteiger partial charge in [-0.05, 0) is 183 Å². The maximum absolute atomic E-state index is 12.8. The van der Waals surface area contributed by atoms with E-state index in [1.54, 1.807) is 0 Å². The lowest BCUT2D eigenvalue weighted by Crippen LogP contribution is -2.67. The fourth-order valence-corrected chi connectivity index (χ4v) is 27.8. The number of esters is 2. The number of aliphatic carboxylic acids is 1. The molecule has 9 fully saturated rings. The molecule has 12 rings (SSSR count). The number of alkyl carbamates (subject to hydrolysis) is 2. The second-order valence-corrected chi connectivity index (χ2v) is 47.2. The Morgan fingerprint density at radius 2 is 0.973 bits per heavy atom. The summed E-state index contributed by atoms with van der Waals surface area (Å²) in [4.78, 5) is 70.1. The van der Waals surface area contributed by atoms with E-state index in [-0.39, 0.29) is 118 Å². The number of nitrogens with zero attached hydrogens (tertiary/aromatic N) is 1. The quantitative estimate of drug-likeness (QED) is 0.0202. The van der Waals surface area contributed by atoms with Crippen LogP contribution in [-0.4, -0.2) is 152 Å². The van der Waals surface area contributed by atoms with Crippen molar-refractivity contribution in [1.29, 1.82) is 0 Å². The summed E-state index contributed by atoms with van der Waals surface area (Å²) in [6.07, 6.45) is 7.89. The van der Waals surface area contributed by atoms with Gasteiger partial charge in [0.05, 0.1) is 53.2 Å². The van der Waals surface area contributed by atoms with Gasteiger partial charge in [-0.3, -0.25) is 14.4 Å². The van der Waals surface area contributed by atoms with E-state index in [0.29, 0.717) is 61.7 Å². The van der Waals surface area contributed by atoms with Crippen molar-refractivity contribution in [2.45, 2.75) is 313 Å². The highest BCUT2D eigenvalue weighted by Gasteiger charge is 2.70. The third-order valence-corrected chi connectivity index (χ3v) is 29.9. The summed E-state index contributed by atoms with van der Waals surface area (Å²) < 4.78 is 61.3. The van der Waals surface area contributed by atoms with Gasteiger partial charge >= 0.3 is 56.9 Å². The highest BCUT2D eigenvalue weighted by molar-refractivity contribution is 6.90. The average molecular weight is 1630 g/mol. The number of alkyl halides is 2. The van der Waals surface area contributed by atoms with Crippen molar-refractivity contribution in [3.8, 4) is 0 Å². The Hall–Kier alpha value is -4.70. The summed E-state index contributed by atoms with van der Waals surface area (Å²) >= 11 is 14.5. The van der Waals surface area contributed by atoms with Crippen LogP contribution in [0.25, 0.3) is 0 Å². The zero-order chi connectivity index (χ0) is 80.5. The first-order valence-electron chi connectivity index (χ1n) is 38.6. The van der Waals surface area contributed by atoms with Crippen LogP contribution < -0.4 is 10.6 Å². The number of rotatable bonds is 25. The Labute approximate surface area is 677 Å². The third kappa shape index (κ3) is 28.9. The second kappa shape index (κ2) is 42.3. The largest absolute Gasteiger partial charge is 0.481 e. The van der Waals surface area contributed by atoms with Crippen molar-refractivity contribution in [3.63, 3.8) is 0 Å². The maximum atomic E-state index is 12.8. The van der Waals surface area contributed by atoms with Crippen LogP contribution in [0.1, 0.15) is 212 Å². The lowest BCUT2D eigenvalue weighted by molar-refractivity contribution is -0.199. The molecule has 3 saturated heterocycles. The molecule has 0 unspecified atom stereocenters. The minimum absolute atomic E-state index is 0. The molecule has 14 atom stereocenters. The van der Waals surface area contributed by atoms with Crippen molar-refractivity contribution in [1.82, 2.24) is 14.9 Å². The fourth-order valence-electron chi connectivity index (χ4n) is 17.2. The summed E-state index contributed by atoms with van der Waals surface area (Å²) in [7, 11) is -5.28. The summed E-state index contributed by atoms with van der Waals surface area (Å²) in [5.74, 6) is 0.730. The minimum Gasteiger partial charge on any atom is -0.481 e. The molecule has 2 amide bonds. The molecule has 29 heteroatoms. The molecule has 3 heterocycles. The number of halogens is 3. The SMILES string of the molecule is C.C.C[C@@H](CC[C@@H](B1O[C@@H]2C[C@@H]3C[C@@H](C3(C)C)[C@]2(C)O1)N([Si](C)(C)C)[Si](C)(C)C)CC(=O)OC(C)(C)C.C[C@@H](CC[C@H](NC(=O)OCc1ccccc1)B1O[C@@H]2C[C@@H]3C[C@@H](C3(C)C)[C@]2(C)O1)CC(=O)OC(C)(C)C.ClCCl.O=C(Cl)OCc1ccccc1.O=C(O)C[C@@H]1CC[C@H](NC(=O)OCc2ccccc2)B(O)O1. The zero-order valence-electron chi connectivity index (χ0n) is 67.8. The first-order chi connectivity index (χ1) is 50.2. The first-order valence-corrected chi connectivity index (χ1v) is 46.9. The van der Waals surface area contributed by atoms with Gasteiger partial charge in [0, 0.05) is 30.4 Å². The average Bonchev–Trinajstić information content (AvgIpc) is 1.45. The molecule has 21 nitrogen and oxygen atoms in total. The number of amides is 2. The number of carboxylic acid groups (broad SMARTS) is 1. The summed E-state index contributed by atoms with van der Waals surface area (Å²) in [5.41, 5.74) is 1.05. The number of benzene rings is 3. The molecule has 0 aromatic heterocycles. The van der Waals surface area contributed by atoms with E-state index in [1.807, 2.05) is 139 Å². The van der Waals surface area contributed by atoms with Gasteiger partial charge < -0.3 is 72.0 Å². The molecule has 0 radical (unpaired) electrons. The normalized spacial score (nSPS) is 25.5. The Bertz CT molecular complexity index is 3340. The number of hydrogen-bond donors (Lipinski definition) is 4. The van der Waals surface area contributed by atoms with Crippen LogP contribution in [0.3, 0.4) is 0 Å². The number of carbonyl (C=O) groups is 6. The molecule has 6 aliphatic carbocycles. The van der Waals surface area contributed by atoms with Crippen molar-refractivity contribution < 1.29 is 85.9 Å². The van der Waals surface area contributed by atoms with Crippen molar-refractivity contribution in [2.24, 2.45) is 46.3 Å². The predicted octanol–water partition coefficient (Wildman–Crippen LogP) is 18.6. The molecule has 618 valence electrons. The van der Waals surface area contributed by atoms with Gasteiger partial charge in [0.15, 0.2) is 0 Å². The topological polar surface area (TPSA) is 262 Å². The highest BCUT2D eigenvalue weighted by atomic mass is 35.5. The van der Waals surface area contributed by atoms with E-state index in [9.17, 15) is 33.8 Å². The van der Waals surface area contributed by atoms with Gasteiger partial charge in [0.25, 0.3) is 0 Å². The summed E-state index contributed by atoms with van der Waals surface area (Å²) in [5, 5.41) is 24.2. The van der Waals surface area contributed by atoms with Crippen LogP contribution in [0.15, 0.2) is 91.0 Å². The number of carboxylic acids is 1. The highest BCUT2D eigenvalue weighted by Crippen LogP contribution is 2.67. The Morgan fingerprint density at radius 1 is 0.582 bits per heavy atom. The molecule has 110 heavy (non-hydrogen) atoms. The molecule has 0 spiro atoms. The van der Waals surface area contributed by atoms with E-state index < -0.39 is 77.5 Å². The number of carbonyl (C=O) groups excluding carboxylic acids is 5. The van der Waals surface area contributed by atoms with E-state index in [2.05, 4.69) is 107 Å². The van der Waals surface area contributed by atoms with Crippen LogP contribution in [0.5, 0.6) is 0 Å². The Balaban J connectivity index is 0.000000324. The smallest absolute Gasteiger partial charge is 0.481 e. The van der Waals surface area contributed by atoms with Crippen LogP contribution in [0.2, 0.25) is 39.3 Å². The van der Waals surface area contributed by atoms with Gasteiger partial charge in [-0.1, -0.05) is 187 Å². The van der Waals surface area contributed by atoms with Crippen LogP contribution in [0, 0.1) is 46.3 Å². The van der Waals surface area contributed by atoms with Gasteiger partial charge in [-0.2, -0.15) is 0 Å². The van der Waals surface area contributed by atoms with Crippen LogP contribution >= 0.6 is 34.8 Å². The fraction of sp³-hybridized carbons (Fsp3) is 0.704. The van der Waals surface area contributed by atoms with E-state index in [1.165, 1.54) is 12.8 Å². The molecule has 6 saturated carbocycles. The zero-order valence-corrected chi connectivity index (χ0v) is 72.1. The molecule has 9 aliphatic rings. The standard InChI is InChI=1S/C29H44BNO6.C27H54BNO4Si2.C14H18BNO6.C8H7ClO2.CH2Cl2.2CH4/c1-19(15-25(32)35-27(2,3)4)13-14-24(31-26(33)34-18-20-11-9-8-10-12-20)30-36-23-17-21-16-22(28(21,5)6)29(23,7)37-30;1-19(16-24(30)31-25(2,3)4)14-15-23(29(34(8,9)10)35(11,12)13)28-32-22-18-20-17-21(26(20,5)6)27(22,7)33-28;17-13(18)8-11-6-7-12(15(20)22-11)16-14(19)21-9-10-4-2-1-3-5-10;9-8(10)11-6-7-4-2-1-3-5-7;2-1-3;;/h8-12,19,21-24H,13-18H2,1-7H3,(H,31,33);19-23H,14-18H2,1-13H3;1-5,11-12,20H,6-9H2,(H,16,19)(H,17,18);1-5H,6H2;1H2;2*1H4/t19-,21-,22-,23+,24-,29-;19-,20-,21-,22+,23-,27-;11-,12-;;;;/m000..../s1. The number of hydrogen-bond acceptors (Lipinski definition) is 18. The van der Waals surface area contributed by atoms with Crippen molar-refractivity contribution in [3.05, 3.63) is 108 Å². The molecule has 3 aromatic rings. The van der Waals surface area contributed by atoms with Gasteiger partial charge in [0.2, 0.25) is 0 Å². The van der Waals surface area contributed by atoms with Crippen molar-refractivity contribution >= 4 is 108 Å². The number of nitrogens with one attached hydrogen (secondary N) is 2. The second-order valence-electron chi connectivity index (χ2n) is 36.0. The van der Waals surface area contributed by atoms with E-state index >= 15 is 0 Å². The molecule has 3 aromatic carbocycles. The number of ether oxygens (including phenoxy) is 5. The van der Waals surface area contributed by atoms with Crippen LogP contribution in [-0.2, 0) is 81.2 Å². The van der Waals surface area contributed by atoms with Crippen LogP contribution in [0.4, 0.5) is 14.4 Å². The van der Waals surface area contributed by atoms with Gasteiger partial charge in [-0.15, -0.1) is 23.2 Å². The van der Waals surface area contributed by atoms with E-state index in [4.69, 9.17) is 82.1 Å². The lowest BCUT2D eigenvalue weighted by atomic mass is 9.43. The Morgan fingerprint density at radius 3 is 1.35 bits per heavy atom. The Kier molecular flexibility index (Phi) is 37.5. The monoisotopic (exact) mass is 1630 g/mol. The maximum Gasteiger partial charge on any atom is 0.481 e.